The number of phenolic OH excluding ortho intramolecular Hbond substituents is 1. The molecule has 2 aromatic carbocycles. The second-order valence-electron chi connectivity index (χ2n) is 9.20. The number of benzene rings is 2. The Bertz CT molecular complexity index is 1550. The number of piperazine rings is 1. The summed E-state index contributed by atoms with van der Waals surface area (Å²) in [6.45, 7) is 5.30. The van der Waals surface area contributed by atoms with Gasteiger partial charge in [-0.2, -0.15) is 9.97 Å². The van der Waals surface area contributed by atoms with Crippen molar-refractivity contribution in [2.24, 2.45) is 0 Å². The van der Waals surface area contributed by atoms with Crippen LogP contribution in [0.3, 0.4) is 0 Å². The Kier molecular flexibility index (Phi) is 8.27. The maximum absolute atomic E-state index is 16.1. The lowest BCUT2D eigenvalue weighted by Crippen LogP contribution is -2.48. The van der Waals surface area contributed by atoms with Gasteiger partial charge in [-0.15, -0.1) is 0 Å². The number of carbonyl (C=O) groups excluding carboxylic acids is 3. The quantitative estimate of drug-likeness (QED) is 0.321. The van der Waals surface area contributed by atoms with Crippen molar-refractivity contribution in [2.75, 3.05) is 56.5 Å². The molecule has 3 aromatic rings. The number of halogens is 3. The van der Waals surface area contributed by atoms with Gasteiger partial charge in [-0.3, -0.25) is 14.4 Å². The molecule has 2 fully saturated rings. The highest BCUT2D eigenvalue weighted by Gasteiger charge is 2.29. The number of fused-ring (bicyclic) bond motifs is 1. The summed E-state index contributed by atoms with van der Waals surface area (Å²) >= 11 is 7.42. The first-order chi connectivity index (χ1) is 19.7. The summed E-state index contributed by atoms with van der Waals surface area (Å²) in [5, 5.41) is 9.83. The van der Waals surface area contributed by atoms with Crippen LogP contribution in [0.2, 0.25) is 5.02 Å². The van der Waals surface area contributed by atoms with Crippen molar-refractivity contribution >= 4 is 57.0 Å². The van der Waals surface area contributed by atoms with Crippen LogP contribution in [0.5, 0.6) is 11.8 Å². The van der Waals surface area contributed by atoms with Gasteiger partial charge >= 0.3 is 11.9 Å². The summed E-state index contributed by atoms with van der Waals surface area (Å²) in [6, 6.07) is 4.75. The lowest BCUT2D eigenvalue weighted by Gasteiger charge is -2.35. The summed E-state index contributed by atoms with van der Waals surface area (Å²) < 4.78 is 36.6. The van der Waals surface area contributed by atoms with Gasteiger partial charge in [-0.05, 0) is 24.3 Å². The summed E-state index contributed by atoms with van der Waals surface area (Å²) in [7, 11) is 0. The average Bonchev–Trinajstić information content (AvgIpc) is 2.96. The molecule has 214 valence electrons. The van der Waals surface area contributed by atoms with Crippen LogP contribution in [0.15, 0.2) is 36.9 Å². The number of aromatic hydroxyl groups is 1. The zero-order chi connectivity index (χ0) is 29.3. The van der Waals surface area contributed by atoms with Crippen molar-refractivity contribution < 1.29 is 33.0 Å². The van der Waals surface area contributed by atoms with E-state index in [9.17, 15) is 23.9 Å². The number of nitrogens with zero attached hydrogens (tertiary/aromatic N) is 5. The van der Waals surface area contributed by atoms with E-state index in [1.165, 1.54) is 29.2 Å². The first-order valence-corrected chi connectivity index (χ1v) is 14.0. The molecule has 2 aliphatic rings. The van der Waals surface area contributed by atoms with Gasteiger partial charge in [0.2, 0.25) is 5.91 Å². The number of carbonyl (C=O) groups is 3. The molecule has 10 nitrogen and oxygen atoms in total. The van der Waals surface area contributed by atoms with Crippen LogP contribution in [0.25, 0.3) is 22.0 Å². The van der Waals surface area contributed by atoms with Crippen molar-refractivity contribution in [3.05, 3.63) is 53.6 Å². The molecule has 0 bridgehead atoms. The number of anilines is 1. The molecular weight excluding hydrogens is 580 g/mol. The predicted octanol–water partition coefficient (Wildman–Crippen LogP) is 3.25. The predicted molar refractivity (Wildman–Crippen MR) is 150 cm³/mol. The number of phenols is 1. The van der Waals surface area contributed by atoms with Gasteiger partial charge in [0.1, 0.15) is 29.5 Å². The second-order valence-corrected chi connectivity index (χ2v) is 10.7. The monoisotopic (exact) mass is 603 g/mol. The van der Waals surface area contributed by atoms with Gasteiger partial charge in [0.15, 0.2) is 5.82 Å². The molecule has 0 atom stereocenters. The SMILES string of the molecule is C=CC(=O)N1CCN(c2nc(OCCN3CCSC(=O)C3=O)nc3c(F)c(-c4c(O)cccc4F)c(Cl)cc23)CC1. The van der Waals surface area contributed by atoms with E-state index >= 15 is 4.39 Å². The highest BCUT2D eigenvalue weighted by atomic mass is 35.5. The molecule has 5 rings (SSSR count). The highest BCUT2D eigenvalue weighted by molar-refractivity contribution is 8.15. The van der Waals surface area contributed by atoms with Crippen molar-refractivity contribution in [3.8, 4) is 22.9 Å². The topological polar surface area (TPSA) is 116 Å². The van der Waals surface area contributed by atoms with E-state index in [2.05, 4.69) is 16.5 Å². The first kappa shape index (κ1) is 28.6. The van der Waals surface area contributed by atoms with Gasteiger partial charge in [-0.1, -0.05) is 36.0 Å². The maximum atomic E-state index is 16.1. The zero-order valence-electron chi connectivity index (χ0n) is 21.6. The van der Waals surface area contributed by atoms with E-state index in [0.29, 0.717) is 38.5 Å². The van der Waals surface area contributed by atoms with Crippen LogP contribution in [-0.4, -0.2) is 93.4 Å². The molecule has 0 aliphatic carbocycles. The third-order valence-corrected chi connectivity index (χ3v) is 7.92. The highest BCUT2D eigenvalue weighted by Crippen LogP contribution is 2.42. The van der Waals surface area contributed by atoms with Crippen molar-refractivity contribution in [1.82, 2.24) is 19.8 Å². The van der Waals surface area contributed by atoms with Crippen LogP contribution in [-0.2, 0) is 14.4 Å². The third-order valence-electron chi connectivity index (χ3n) is 6.80. The fraction of sp³-hybridized carbons (Fsp3) is 0.296. The van der Waals surface area contributed by atoms with Crippen LogP contribution < -0.4 is 9.64 Å². The average molecular weight is 604 g/mol. The molecule has 0 radical (unpaired) electrons. The first-order valence-electron chi connectivity index (χ1n) is 12.6. The van der Waals surface area contributed by atoms with E-state index in [0.717, 1.165) is 17.8 Å². The number of hydrogen-bond acceptors (Lipinski definition) is 9. The molecule has 1 aromatic heterocycles. The molecule has 0 unspecified atom stereocenters. The largest absolute Gasteiger partial charge is 0.507 e. The summed E-state index contributed by atoms with van der Waals surface area (Å²) in [5.41, 5.74) is -1.01. The van der Waals surface area contributed by atoms with Gasteiger partial charge in [-0.25, -0.2) is 8.78 Å². The van der Waals surface area contributed by atoms with E-state index < -0.39 is 34.0 Å². The molecule has 14 heteroatoms. The Labute approximate surface area is 242 Å². The minimum absolute atomic E-state index is 0.0770. The minimum atomic E-state index is -0.990. The fourth-order valence-corrected chi connectivity index (χ4v) is 5.76. The molecule has 2 amide bonds. The zero-order valence-corrected chi connectivity index (χ0v) is 23.2. The van der Waals surface area contributed by atoms with Crippen LogP contribution in [0.1, 0.15) is 0 Å². The van der Waals surface area contributed by atoms with Gasteiger partial charge in [0, 0.05) is 49.4 Å². The number of ether oxygens (including phenoxy) is 1. The summed E-state index contributed by atoms with van der Waals surface area (Å²) in [6.07, 6.45) is 1.23. The van der Waals surface area contributed by atoms with E-state index in [-0.39, 0.29) is 52.4 Å². The molecule has 0 saturated carbocycles. The lowest BCUT2D eigenvalue weighted by molar-refractivity contribution is -0.141. The standard InChI is InChI=1S/C27H24ClF2N5O5S/c1-2-19(37)33-6-8-34(9-7-33)24-15-14-16(28)20(21-17(29)4-3-5-18(21)36)22(30)23(15)31-27(32-24)40-12-10-35-11-13-41-26(39)25(35)38/h2-5,14,36H,1,6-13H2. The summed E-state index contributed by atoms with van der Waals surface area (Å²) in [5.74, 6) is -2.45. The number of amides is 2. The van der Waals surface area contributed by atoms with E-state index in [1.807, 2.05) is 4.90 Å². The fourth-order valence-electron chi connectivity index (χ4n) is 4.72. The van der Waals surface area contributed by atoms with Gasteiger partial charge in [0.25, 0.3) is 5.12 Å². The molecule has 2 saturated heterocycles. The Morgan fingerprint density at radius 2 is 1.90 bits per heavy atom. The smallest absolute Gasteiger partial charge is 0.319 e. The number of thioether (sulfide) groups is 1. The second kappa shape index (κ2) is 11.9. The Hall–Kier alpha value is -3.97. The van der Waals surface area contributed by atoms with Crippen molar-refractivity contribution in [2.45, 2.75) is 0 Å². The molecule has 2 aliphatic heterocycles. The van der Waals surface area contributed by atoms with Gasteiger partial charge in [0.05, 0.1) is 17.1 Å². The van der Waals surface area contributed by atoms with E-state index in [4.69, 9.17) is 16.3 Å². The number of rotatable bonds is 7. The summed E-state index contributed by atoms with van der Waals surface area (Å²) in [4.78, 5) is 49.4. The molecule has 41 heavy (non-hydrogen) atoms. The third kappa shape index (κ3) is 5.64. The number of hydrogen-bond donors (Lipinski definition) is 1. The minimum Gasteiger partial charge on any atom is -0.507 e. The van der Waals surface area contributed by atoms with Crippen molar-refractivity contribution in [1.29, 1.82) is 0 Å². The van der Waals surface area contributed by atoms with E-state index in [1.54, 1.807) is 4.90 Å². The normalized spacial score (nSPS) is 15.9. The van der Waals surface area contributed by atoms with Gasteiger partial charge < -0.3 is 24.5 Å². The molecule has 0 spiro atoms. The van der Waals surface area contributed by atoms with Crippen LogP contribution in [0, 0.1) is 11.6 Å². The maximum Gasteiger partial charge on any atom is 0.319 e. The Morgan fingerprint density at radius 3 is 2.61 bits per heavy atom. The van der Waals surface area contributed by atoms with Crippen LogP contribution in [0.4, 0.5) is 14.6 Å². The number of aromatic nitrogens is 2. The Balaban J connectivity index is 1.54. The van der Waals surface area contributed by atoms with Crippen molar-refractivity contribution in [3.63, 3.8) is 0 Å². The Morgan fingerprint density at radius 1 is 1.15 bits per heavy atom. The molecular formula is C27H24ClF2N5O5S. The molecule has 1 N–H and O–H groups in total. The lowest BCUT2D eigenvalue weighted by atomic mass is 10.0. The molecule has 3 heterocycles. The van der Waals surface area contributed by atoms with Crippen LogP contribution >= 0.6 is 23.4 Å².